The smallest absolute Gasteiger partial charge is 0.131 e. The highest BCUT2D eigenvalue weighted by molar-refractivity contribution is 5.47. The third-order valence-corrected chi connectivity index (χ3v) is 3.66. The van der Waals surface area contributed by atoms with E-state index in [1.807, 2.05) is 6.20 Å². The van der Waals surface area contributed by atoms with E-state index in [0.717, 1.165) is 31.1 Å². The van der Waals surface area contributed by atoms with Gasteiger partial charge in [-0.1, -0.05) is 0 Å². The standard InChI is InChI=1S/C14H23N3O/c1-11-7-13(8-15)9-16-14(11)17-5-3-12(4-6-17)10-18-2/h7,9,12H,3-6,8,10,15H2,1-2H3. The Morgan fingerprint density at radius 3 is 2.72 bits per heavy atom. The predicted molar refractivity (Wildman–Crippen MR) is 73.7 cm³/mol. The van der Waals surface area contributed by atoms with Crippen LogP contribution >= 0.6 is 0 Å². The molecule has 0 radical (unpaired) electrons. The van der Waals surface area contributed by atoms with Gasteiger partial charge >= 0.3 is 0 Å². The van der Waals surface area contributed by atoms with E-state index in [1.165, 1.54) is 18.4 Å². The van der Waals surface area contributed by atoms with Crippen LogP contribution in [0.25, 0.3) is 0 Å². The molecule has 4 nitrogen and oxygen atoms in total. The Morgan fingerprint density at radius 2 is 2.17 bits per heavy atom. The first-order chi connectivity index (χ1) is 8.74. The Hall–Kier alpha value is -1.13. The Balaban J connectivity index is 2.01. The van der Waals surface area contributed by atoms with Crippen molar-refractivity contribution in [3.05, 3.63) is 23.4 Å². The summed E-state index contributed by atoms with van der Waals surface area (Å²) in [7, 11) is 1.78. The lowest BCUT2D eigenvalue weighted by atomic mass is 9.97. The molecule has 2 N–H and O–H groups in total. The predicted octanol–water partition coefficient (Wildman–Crippen LogP) is 1.71. The van der Waals surface area contributed by atoms with E-state index in [2.05, 4.69) is 22.9 Å². The van der Waals surface area contributed by atoms with Gasteiger partial charge in [-0.3, -0.25) is 0 Å². The van der Waals surface area contributed by atoms with E-state index in [1.54, 1.807) is 7.11 Å². The van der Waals surface area contributed by atoms with Gasteiger partial charge in [-0.15, -0.1) is 0 Å². The maximum atomic E-state index is 5.63. The van der Waals surface area contributed by atoms with Crippen LogP contribution in [0.3, 0.4) is 0 Å². The molecule has 0 saturated carbocycles. The van der Waals surface area contributed by atoms with Crippen molar-refractivity contribution >= 4 is 5.82 Å². The van der Waals surface area contributed by atoms with Crippen molar-refractivity contribution < 1.29 is 4.74 Å². The molecule has 1 saturated heterocycles. The van der Waals surface area contributed by atoms with Gasteiger partial charge in [0.15, 0.2) is 0 Å². The zero-order valence-corrected chi connectivity index (χ0v) is 11.4. The molecule has 2 heterocycles. The number of hydrogen-bond acceptors (Lipinski definition) is 4. The zero-order chi connectivity index (χ0) is 13.0. The topological polar surface area (TPSA) is 51.4 Å². The fraction of sp³-hybridized carbons (Fsp3) is 0.643. The van der Waals surface area contributed by atoms with Gasteiger partial charge in [0.05, 0.1) is 0 Å². The number of hydrogen-bond donors (Lipinski definition) is 1. The van der Waals surface area contributed by atoms with E-state index in [0.29, 0.717) is 12.5 Å². The van der Waals surface area contributed by atoms with E-state index < -0.39 is 0 Å². The van der Waals surface area contributed by atoms with E-state index in [4.69, 9.17) is 10.5 Å². The van der Waals surface area contributed by atoms with Gasteiger partial charge in [-0.2, -0.15) is 0 Å². The van der Waals surface area contributed by atoms with Crippen LogP contribution in [0.1, 0.15) is 24.0 Å². The molecule has 1 fully saturated rings. The fourth-order valence-electron chi connectivity index (χ4n) is 2.62. The molecule has 18 heavy (non-hydrogen) atoms. The second-order valence-electron chi connectivity index (χ2n) is 5.07. The van der Waals surface area contributed by atoms with E-state index in [-0.39, 0.29) is 0 Å². The number of nitrogens with zero attached hydrogens (tertiary/aromatic N) is 2. The normalized spacial score (nSPS) is 17.2. The van der Waals surface area contributed by atoms with Crippen LogP contribution in [0, 0.1) is 12.8 Å². The van der Waals surface area contributed by atoms with Crippen molar-refractivity contribution in [2.75, 3.05) is 31.7 Å². The average Bonchev–Trinajstić information content (AvgIpc) is 2.40. The third-order valence-electron chi connectivity index (χ3n) is 3.66. The first-order valence-electron chi connectivity index (χ1n) is 6.64. The van der Waals surface area contributed by atoms with Gasteiger partial charge in [0.1, 0.15) is 5.82 Å². The van der Waals surface area contributed by atoms with Crippen LogP contribution in [-0.2, 0) is 11.3 Å². The molecule has 0 aromatic carbocycles. The van der Waals surface area contributed by atoms with E-state index >= 15 is 0 Å². The molecule has 0 atom stereocenters. The first-order valence-corrected chi connectivity index (χ1v) is 6.64. The minimum atomic E-state index is 0.560. The largest absolute Gasteiger partial charge is 0.384 e. The fourth-order valence-corrected chi connectivity index (χ4v) is 2.62. The number of nitrogens with two attached hydrogens (primary N) is 1. The van der Waals surface area contributed by atoms with Crippen molar-refractivity contribution in [3.63, 3.8) is 0 Å². The van der Waals surface area contributed by atoms with Crippen LogP contribution in [0.15, 0.2) is 12.3 Å². The molecule has 1 aliphatic heterocycles. The molecule has 1 aliphatic rings. The Morgan fingerprint density at radius 1 is 1.44 bits per heavy atom. The highest BCUT2D eigenvalue weighted by Crippen LogP contribution is 2.24. The van der Waals surface area contributed by atoms with Crippen LogP contribution in [-0.4, -0.2) is 31.8 Å². The number of ether oxygens (including phenoxy) is 1. The summed E-state index contributed by atoms with van der Waals surface area (Å²) in [6.07, 6.45) is 4.27. The number of aryl methyl sites for hydroxylation is 1. The summed E-state index contributed by atoms with van der Waals surface area (Å²) in [4.78, 5) is 6.94. The van der Waals surface area contributed by atoms with Crippen molar-refractivity contribution in [2.24, 2.45) is 11.7 Å². The van der Waals surface area contributed by atoms with Gasteiger partial charge in [0.25, 0.3) is 0 Å². The van der Waals surface area contributed by atoms with Gasteiger partial charge < -0.3 is 15.4 Å². The summed E-state index contributed by atoms with van der Waals surface area (Å²) in [5.74, 6) is 1.82. The molecule has 4 heteroatoms. The number of methoxy groups -OCH3 is 1. The molecule has 1 aromatic rings. The second kappa shape index (κ2) is 6.16. The molecule has 1 aromatic heterocycles. The zero-order valence-electron chi connectivity index (χ0n) is 11.4. The molecule has 0 unspecified atom stereocenters. The lowest BCUT2D eigenvalue weighted by Crippen LogP contribution is -2.36. The van der Waals surface area contributed by atoms with Crippen molar-refractivity contribution in [1.29, 1.82) is 0 Å². The average molecular weight is 249 g/mol. The Bertz CT molecular complexity index is 387. The highest BCUT2D eigenvalue weighted by Gasteiger charge is 2.20. The minimum absolute atomic E-state index is 0.560. The SMILES string of the molecule is COCC1CCN(c2ncc(CN)cc2C)CC1. The lowest BCUT2D eigenvalue weighted by molar-refractivity contribution is 0.139. The summed E-state index contributed by atoms with van der Waals surface area (Å²) in [6.45, 7) is 5.70. The minimum Gasteiger partial charge on any atom is -0.384 e. The van der Waals surface area contributed by atoms with Crippen molar-refractivity contribution in [1.82, 2.24) is 4.98 Å². The number of aromatic nitrogens is 1. The summed E-state index contributed by atoms with van der Waals surface area (Å²) in [5, 5.41) is 0. The maximum absolute atomic E-state index is 5.63. The van der Waals surface area contributed by atoms with Crippen molar-refractivity contribution in [3.8, 4) is 0 Å². The Kier molecular flexibility index (Phi) is 4.55. The van der Waals surface area contributed by atoms with Gasteiger partial charge in [-0.25, -0.2) is 4.98 Å². The molecule has 0 aliphatic carbocycles. The summed E-state index contributed by atoms with van der Waals surface area (Å²) < 4.78 is 5.23. The van der Waals surface area contributed by atoms with Crippen LogP contribution < -0.4 is 10.6 Å². The monoisotopic (exact) mass is 249 g/mol. The quantitative estimate of drug-likeness (QED) is 0.882. The second-order valence-corrected chi connectivity index (χ2v) is 5.07. The maximum Gasteiger partial charge on any atom is 0.131 e. The molecule has 0 bridgehead atoms. The highest BCUT2D eigenvalue weighted by atomic mass is 16.5. The number of rotatable bonds is 4. The van der Waals surface area contributed by atoms with Crippen LogP contribution in [0.4, 0.5) is 5.82 Å². The molecule has 100 valence electrons. The van der Waals surface area contributed by atoms with Crippen molar-refractivity contribution in [2.45, 2.75) is 26.3 Å². The lowest BCUT2D eigenvalue weighted by Gasteiger charge is -2.33. The molecular weight excluding hydrogens is 226 g/mol. The molecule has 0 amide bonds. The van der Waals surface area contributed by atoms with Crippen LogP contribution in [0.2, 0.25) is 0 Å². The number of piperidine rings is 1. The molecule has 2 rings (SSSR count). The summed E-state index contributed by atoms with van der Waals surface area (Å²) >= 11 is 0. The summed E-state index contributed by atoms with van der Waals surface area (Å²) in [6, 6.07) is 2.14. The van der Waals surface area contributed by atoms with Gasteiger partial charge in [0.2, 0.25) is 0 Å². The van der Waals surface area contributed by atoms with Gasteiger partial charge in [-0.05, 0) is 42.9 Å². The third kappa shape index (κ3) is 3.00. The molecule has 0 spiro atoms. The van der Waals surface area contributed by atoms with Gasteiger partial charge in [0, 0.05) is 39.5 Å². The van der Waals surface area contributed by atoms with E-state index in [9.17, 15) is 0 Å². The number of pyridine rings is 1. The summed E-state index contributed by atoms with van der Waals surface area (Å²) in [5.41, 5.74) is 7.96. The Labute approximate surface area is 109 Å². The first kappa shape index (κ1) is 13.3. The molecular formula is C14H23N3O. The number of anilines is 1. The van der Waals surface area contributed by atoms with Crippen LogP contribution in [0.5, 0.6) is 0 Å².